The Kier molecular flexibility index (Phi) is 5.60. The predicted octanol–water partition coefficient (Wildman–Crippen LogP) is 1.58. The first-order valence-corrected chi connectivity index (χ1v) is 8.13. The summed E-state index contributed by atoms with van der Waals surface area (Å²) in [6.45, 7) is 8.95. The normalized spacial score (nSPS) is 35.3. The van der Waals surface area contributed by atoms with Gasteiger partial charge in [-0.3, -0.25) is 4.90 Å². The van der Waals surface area contributed by atoms with Gasteiger partial charge in [0.1, 0.15) is 0 Å². The Hall–Kier alpha value is 0.230. The average Bonchev–Trinajstić information content (AvgIpc) is 2.77. The maximum Gasteiger partial charge on any atom is 0.0707 e. The lowest BCUT2D eigenvalue weighted by Gasteiger charge is -2.34. The van der Waals surface area contributed by atoms with Crippen molar-refractivity contribution in [3.8, 4) is 0 Å². The van der Waals surface area contributed by atoms with E-state index in [0.717, 1.165) is 25.7 Å². The van der Waals surface area contributed by atoms with Crippen molar-refractivity contribution in [3.05, 3.63) is 0 Å². The van der Waals surface area contributed by atoms with Gasteiger partial charge in [0, 0.05) is 37.2 Å². The van der Waals surface area contributed by atoms with Crippen molar-refractivity contribution in [3.63, 3.8) is 0 Å². The molecular formula is C13H26N2OS. The first-order chi connectivity index (χ1) is 8.29. The number of rotatable bonds is 5. The van der Waals surface area contributed by atoms with Gasteiger partial charge in [-0.1, -0.05) is 6.92 Å². The average molecular weight is 258 g/mol. The zero-order chi connectivity index (χ0) is 12.1. The van der Waals surface area contributed by atoms with E-state index in [9.17, 15) is 0 Å². The van der Waals surface area contributed by atoms with Gasteiger partial charge < -0.3 is 10.1 Å². The Bertz CT molecular complexity index is 227. The Morgan fingerprint density at radius 1 is 1.35 bits per heavy atom. The van der Waals surface area contributed by atoms with Gasteiger partial charge >= 0.3 is 0 Å². The maximum absolute atomic E-state index is 6.10. The molecule has 0 aliphatic carbocycles. The number of ether oxygens (including phenoxy) is 1. The molecule has 0 aromatic rings. The van der Waals surface area contributed by atoms with Crippen molar-refractivity contribution in [1.82, 2.24) is 10.2 Å². The third-order valence-electron chi connectivity index (χ3n) is 3.76. The van der Waals surface area contributed by atoms with Crippen molar-refractivity contribution >= 4 is 11.8 Å². The standard InChI is InChI=1S/C13H26N2OS/c1-3-14-8-12-4-5-13(16-12)9-15-6-7-17-10-11(15)2/h11-14H,3-10H2,1-2H3. The quantitative estimate of drug-likeness (QED) is 0.809. The van der Waals surface area contributed by atoms with Crippen molar-refractivity contribution < 1.29 is 4.74 Å². The molecule has 2 saturated heterocycles. The Labute approximate surface area is 110 Å². The first-order valence-electron chi connectivity index (χ1n) is 6.97. The summed E-state index contributed by atoms with van der Waals surface area (Å²) in [5, 5.41) is 3.38. The van der Waals surface area contributed by atoms with Crippen LogP contribution in [0.5, 0.6) is 0 Å². The van der Waals surface area contributed by atoms with Gasteiger partial charge in [-0.25, -0.2) is 0 Å². The summed E-state index contributed by atoms with van der Waals surface area (Å²) in [7, 11) is 0. The molecule has 0 amide bonds. The molecule has 0 radical (unpaired) electrons. The molecule has 2 aliphatic rings. The second-order valence-electron chi connectivity index (χ2n) is 5.18. The topological polar surface area (TPSA) is 24.5 Å². The molecule has 100 valence electrons. The first kappa shape index (κ1) is 13.7. The van der Waals surface area contributed by atoms with Crippen LogP contribution in [0.1, 0.15) is 26.7 Å². The summed E-state index contributed by atoms with van der Waals surface area (Å²) in [5.74, 6) is 2.57. The van der Waals surface area contributed by atoms with E-state index >= 15 is 0 Å². The number of nitrogens with one attached hydrogen (secondary N) is 1. The molecule has 0 aromatic heterocycles. The molecule has 3 atom stereocenters. The molecule has 3 unspecified atom stereocenters. The minimum absolute atomic E-state index is 0.453. The van der Waals surface area contributed by atoms with E-state index in [-0.39, 0.29) is 0 Å². The summed E-state index contributed by atoms with van der Waals surface area (Å²) in [4.78, 5) is 2.61. The van der Waals surface area contributed by atoms with Crippen LogP contribution in [0.25, 0.3) is 0 Å². The number of thioether (sulfide) groups is 1. The Morgan fingerprint density at radius 3 is 2.94 bits per heavy atom. The second kappa shape index (κ2) is 6.98. The number of nitrogens with zero attached hydrogens (tertiary/aromatic N) is 1. The summed E-state index contributed by atoms with van der Waals surface area (Å²) in [5.41, 5.74) is 0. The SMILES string of the molecule is CCNCC1CCC(CN2CCSCC2C)O1. The van der Waals surface area contributed by atoms with E-state index < -0.39 is 0 Å². The fraction of sp³-hybridized carbons (Fsp3) is 1.00. The smallest absolute Gasteiger partial charge is 0.0707 e. The van der Waals surface area contributed by atoms with E-state index in [1.54, 1.807) is 0 Å². The molecule has 1 N–H and O–H groups in total. The molecule has 4 heteroatoms. The van der Waals surface area contributed by atoms with Crippen LogP contribution in [0, 0.1) is 0 Å². The predicted molar refractivity (Wildman–Crippen MR) is 74.8 cm³/mol. The summed E-state index contributed by atoms with van der Waals surface area (Å²) < 4.78 is 6.10. The van der Waals surface area contributed by atoms with Crippen molar-refractivity contribution in [1.29, 1.82) is 0 Å². The van der Waals surface area contributed by atoms with Crippen molar-refractivity contribution in [2.24, 2.45) is 0 Å². The van der Waals surface area contributed by atoms with E-state index in [4.69, 9.17) is 4.74 Å². The van der Waals surface area contributed by atoms with Gasteiger partial charge in [0.2, 0.25) is 0 Å². The molecule has 0 bridgehead atoms. The van der Waals surface area contributed by atoms with Crippen LogP contribution >= 0.6 is 11.8 Å². The van der Waals surface area contributed by atoms with Gasteiger partial charge in [0.15, 0.2) is 0 Å². The highest BCUT2D eigenvalue weighted by Gasteiger charge is 2.28. The molecule has 2 heterocycles. The van der Waals surface area contributed by atoms with Crippen molar-refractivity contribution in [2.75, 3.05) is 37.7 Å². The number of likely N-dealkylation sites (N-methyl/N-ethyl adjacent to an activating group) is 1. The van der Waals surface area contributed by atoms with Crippen LogP contribution in [0.4, 0.5) is 0 Å². The molecule has 2 rings (SSSR count). The molecule has 3 nitrogen and oxygen atoms in total. The Balaban J connectivity index is 1.69. The molecule has 17 heavy (non-hydrogen) atoms. The molecular weight excluding hydrogens is 232 g/mol. The van der Waals surface area contributed by atoms with Crippen LogP contribution in [-0.4, -0.2) is 60.8 Å². The lowest BCUT2D eigenvalue weighted by molar-refractivity contribution is 0.0187. The van der Waals surface area contributed by atoms with Crippen molar-refractivity contribution in [2.45, 2.75) is 44.9 Å². The van der Waals surface area contributed by atoms with Crippen LogP contribution in [0.2, 0.25) is 0 Å². The van der Waals surface area contributed by atoms with Crippen LogP contribution in [0.15, 0.2) is 0 Å². The van der Waals surface area contributed by atoms with Gasteiger partial charge in [-0.15, -0.1) is 0 Å². The molecule has 2 aliphatic heterocycles. The van der Waals surface area contributed by atoms with Crippen LogP contribution in [-0.2, 0) is 4.74 Å². The highest BCUT2D eigenvalue weighted by Crippen LogP contribution is 2.23. The van der Waals surface area contributed by atoms with Gasteiger partial charge in [-0.05, 0) is 26.3 Å². The third-order valence-corrected chi connectivity index (χ3v) is 4.95. The minimum Gasteiger partial charge on any atom is -0.372 e. The van der Waals surface area contributed by atoms with E-state index in [0.29, 0.717) is 12.2 Å². The van der Waals surface area contributed by atoms with E-state index in [2.05, 4.69) is 35.8 Å². The van der Waals surface area contributed by atoms with Gasteiger partial charge in [-0.2, -0.15) is 11.8 Å². The number of hydrogen-bond donors (Lipinski definition) is 1. The van der Waals surface area contributed by atoms with Crippen LogP contribution < -0.4 is 5.32 Å². The zero-order valence-electron chi connectivity index (χ0n) is 11.2. The minimum atomic E-state index is 0.453. The second-order valence-corrected chi connectivity index (χ2v) is 6.33. The largest absolute Gasteiger partial charge is 0.372 e. The van der Waals surface area contributed by atoms with E-state index in [1.807, 2.05) is 0 Å². The highest BCUT2D eigenvalue weighted by atomic mass is 32.2. The van der Waals surface area contributed by atoms with Gasteiger partial charge in [0.05, 0.1) is 12.2 Å². The maximum atomic E-state index is 6.10. The monoisotopic (exact) mass is 258 g/mol. The summed E-state index contributed by atoms with van der Waals surface area (Å²) in [6.07, 6.45) is 3.40. The zero-order valence-corrected chi connectivity index (χ0v) is 12.0. The summed E-state index contributed by atoms with van der Waals surface area (Å²) in [6, 6.07) is 0.727. The fourth-order valence-corrected chi connectivity index (χ4v) is 3.75. The molecule has 0 spiro atoms. The van der Waals surface area contributed by atoms with Gasteiger partial charge in [0.25, 0.3) is 0 Å². The number of hydrogen-bond acceptors (Lipinski definition) is 4. The Morgan fingerprint density at radius 2 is 2.18 bits per heavy atom. The summed E-state index contributed by atoms with van der Waals surface area (Å²) >= 11 is 2.08. The highest BCUT2D eigenvalue weighted by molar-refractivity contribution is 7.99. The lowest BCUT2D eigenvalue weighted by atomic mass is 10.1. The third kappa shape index (κ3) is 4.12. The van der Waals surface area contributed by atoms with E-state index in [1.165, 1.54) is 30.9 Å². The lowest BCUT2D eigenvalue weighted by Crippen LogP contribution is -2.44. The molecule has 0 saturated carbocycles. The molecule has 0 aromatic carbocycles. The molecule has 2 fully saturated rings. The fourth-order valence-electron chi connectivity index (χ4n) is 2.66. The van der Waals surface area contributed by atoms with Crippen LogP contribution in [0.3, 0.4) is 0 Å².